The van der Waals surface area contributed by atoms with Crippen molar-refractivity contribution < 1.29 is 36.6 Å². The molecule has 0 saturated carbocycles. The second kappa shape index (κ2) is 14.9. The van der Waals surface area contributed by atoms with Gasteiger partial charge in [0, 0.05) is 73.9 Å². The summed E-state index contributed by atoms with van der Waals surface area (Å²) in [5.41, 5.74) is 3.18. The van der Waals surface area contributed by atoms with Crippen LogP contribution in [0.1, 0.15) is 33.5 Å². The lowest BCUT2D eigenvalue weighted by Gasteiger charge is -2.36. The van der Waals surface area contributed by atoms with Crippen LogP contribution in [-0.4, -0.2) is 90.9 Å². The minimum Gasteiger partial charge on any atom is -0.754 e. The van der Waals surface area contributed by atoms with E-state index in [1.807, 2.05) is 48.5 Å². The molecule has 1 unspecified atom stereocenters. The lowest BCUT2D eigenvalue weighted by atomic mass is 9.99. The molecule has 2 saturated heterocycles. The van der Waals surface area contributed by atoms with E-state index in [1.54, 1.807) is 12.3 Å². The van der Waals surface area contributed by atoms with Crippen molar-refractivity contribution in [1.29, 1.82) is 0 Å². The largest absolute Gasteiger partial charge is 0.754 e. The Morgan fingerprint density at radius 2 is 1.67 bits per heavy atom. The van der Waals surface area contributed by atoms with Crippen molar-refractivity contribution >= 4 is 45.4 Å². The summed E-state index contributed by atoms with van der Waals surface area (Å²) in [5.74, 6) is -4.41. The number of hydrogen-bond acceptors (Lipinski definition) is 8. The molecule has 3 aromatic carbocycles. The Morgan fingerprint density at radius 3 is 2.33 bits per heavy atom. The van der Waals surface area contributed by atoms with Crippen LogP contribution in [0.3, 0.4) is 0 Å². The number of carboxylic acid groups (broad SMARTS) is 1. The number of fused-ring (bicyclic) bond motifs is 1. The average Bonchev–Trinajstić information content (AvgIpc) is 3.76. The minimum absolute atomic E-state index is 0.000977. The van der Waals surface area contributed by atoms with Crippen molar-refractivity contribution in [3.8, 4) is 11.1 Å². The van der Waals surface area contributed by atoms with Crippen LogP contribution in [-0.2, 0) is 29.0 Å². The van der Waals surface area contributed by atoms with Gasteiger partial charge in [0.15, 0.2) is 5.82 Å². The van der Waals surface area contributed by atoms with E-state index in [9.17, 15) is 22.7 Å². The van der Waals surface area contributed by atoms with Crippen molar-refractivity contribution in [3.05, 3.63) is 113 Å². The Labute approximate surface area is 299 Å². The number of ketones is 1. The van der Waals surface area contributed by atoms with E-state index in [-0.39, 0.29) is 31.5 Å². The predicted molar refractivity (Wildman–Crippen MR) is 189 cm³/mol. The molecule has 2 atom stereocenters. The number of nitrogens with zero attached hydrogens (tertiary/aromatic N) is 5. The molecule has 0 bridgehead atoms. The number of rotatable bonds is 11. The quantitative estimate of drug-likeness (QED) is 0.138. The van der Waals surface area contributed by atoms with Crippen molar-refractivity contribution in [2.24, 2.45) is 0 Å². The fourth-order valence-electron chi connectivity index (χ4n) is 6.80. The van der Waals surface area contributed by atoms with Gasteiger partial charge in [-0.3, -0.25) is 18.7 Å². The molecule has 2 aliphatic heterocycles. The highest BCUT2D eigenvalue weighted by Crippen LogP contribution is 2.33. The van der Waals surface area contributed by atoms with Gasteiger partial charge in [-0.05, 0) is 53.4 Å². The molecule has 270 valence electrons. The number of carbonyl (C=O) groups is 2. The fraction of sp³-hybridized carbons (Fsp3) is 0.270. The smallest absolute Gasteiger partial charge is 0.307 e. The Balaban J connectivity index is 1.06. The lowest BCUT2D eigenvalue weighted by Crippen LogP contribution is -2.45. The van der Waals surface area contributed by atoms with Crippen molar-refractivity contribution in [2.75, 3.05) is 48.6 Å². The topological polar surface area (TPSA) is 136 Å². The number of halogens is 3. The van der Waals surface area contributed by atoms with Gasteiger partial charge < -0.3 is 19.5 Å². The Hall–Kier alpha value is -5.09. The number of alkyl halides is 1. The number of carbonyl (C=O) groups excluding carboxylic acids is 1. The highest BCUT2D eigenvalue weighted by atomic mass is 32.2. The maximum Gasteiger partial charge on any atom is 0.307 e. The van der Waals surface area contributed by atoms with E-state index in [1.165, 1.54) is 6.20 Å². The summed E-state index contributed by atoms with van der Waals surface area (Å²) in [4.78, 5) is 36.6. The normalized spacial score (nSPS) is 17.5. The van der Waals surface area contributed by atoms with Crippen LogP contribution in [0.25, 0.3) is 22.2 Å². The molecule has 2 aromatic heterocycles. The van der Waals surface area contributed by atoms with E-state index in [4.69, 9.17) is 5.11 Å². The molecule has 0 spiro atoms. The van der Waals surface area contributed by atoms with Crippen LogP contribution in [0, 0.1) is 11.6 Å². The molecule has 0 radical (unpaired) electrons. The number of anilines is 2. The van der Waals surface area contributed by atoms with Crippen LogP contribution in [0.4, 0.5) is 24.5 Å². The number of benzene rings is 3. The van der Waals surface area contributed by atoms with Gasteiger partial charge in [-0.2, -0.15) is 0 Å². The van der Waals surface area contributed by atoms with Gasteiger partial charge in [0.25, 0.3) is 0 Å². The number of carboxylic acids is 1. The van der Waals surface area contributed by atoms with Crippen molar-refractivity contribution in [2.45, 2.75) is 25.6 Å². The minimum atomic E-state index is -3.06. The zero-order valence-electron chi connectivity index (χ0n) is 27.8. The summed E-state index contributed by atoms with van der Waals surface area (Å²) >= 11 is -3.06. The number of aromatic amines is 1. The van der Waals surface area contributed by atoms with Gasteiger partial charge in [0.05, 0.1) is 29.8 Å². The van der Waals surface area contributed by atoms with E-state index in [2.05, 4.69) is 19.8 Å². The Morgan fingerprint density at radius 1 is 0.962 bits per heavy atom. The number of aliphatic carboxylic acids is 1. The van der Waals surface area contributed by atoms with Crippen LogP contribution >= 0.6 is 0 Å². The number of piperazine rings is 1. The summed E-state index contributed by atoms with van der Waals surface area (Å²) in [6.07, 6.45) is 1.68. The molecule has 2 N–H and O–H groups in total. The number of hydrazine groups is 1. The van der Waals surface area contributed by atoms with Gasteiger partial charge in [-0.15, -0.1) is 0 Å². The van der Waals surface area contributed by atoms with Crippen molar-refractivity contribution in [3.63, 3.8) is 0 Å². The van der Waals surface area contributed by atoms with Crippen LogP contribution in [0.5, 0.6) is 0 Å². The zero-order chi connectivity index (χ0) is 36.5. The molecular weight excluding hydrogens is 698 g/mol. The average molecular weight is 732 g/mol. The summed E-state index contributed by atoms with van der Waals surface area (Å²) in [6, 6.07) is 19.0. The molecule has 5 aromatic rings. The second-order valence-electron chi connectivity index (χ2n) is 12.9. The number of hydrogen-bond donors (Lipinski definition) is 2. The maximum atomic E-state index is 15.9. The maximum absolute atomic E-state index is 15.9. The summed E-state index contributed by atoms with van der Waals surface area (Å²) in [5, 5.41) is 10.4. The zero-order valence-corrected chi connectivity index (χ0v) is 28.6. The third kappa shape index (κ3) is 7.30. The molecule has 7 rings (SSSR count). The highest BCUT2D eigenvalue weighted by Gasteiger charge is 2.32. The first-order valence-corrected chi connectivity index (χ1v) is 17.7. The summed E-state index contributed by atoms with van der Waals surface area (Å²) in [7, 11) is 0. The third-order valence-corrected chi connectivity index (χ3v) is 10.2. The van der Waals surface area contributed by atoms with Gasteiger partial charge >= 0.3 is 5.97 Å². The highest BCUT2D eigenvalue weighted by molar-refractivity contribution is 7.80. The van der Waals surface area contributed by atoms with E-state index < -0.39 is 52.1 Å². The fourth-order valence-corrected chi connectivity index (χ4v) is 7.44. The van der Waals surface area contributed by atoms with E-state index in [0.29, 0.717) is 21.0 Å². The Bertz CT molecular complexity index is 2140. The predicted octanol–water partition coefficient (Wildman–Crippen LogP) is 5.25. The molecule has 0 amide bonds. The number of aromatic nitrogens is 2. The van der Waals surface area contributed by atoms with E-state index in [0.717, 1.165) is 72.2 Å². The lowest BCUT2D eigenvalue weighted by molar-refractivity contribution is -0.136. The molecular formula is C37H34F3N6O5S-. The molecule has 15 heteroatoms. The Kier molecular flexibility index (Phi) is 10.1. The molecule has 4 heterocycles. The van der Waals surface area contributed by atoms with E-state index >= 15 is 8.78 Å². The third-order valence-electron chi connectivity index (χ3n) is 9.51. The van der Waals surface area contributed by atoms with Gasteiger partial charge in [-0.25, -0.2) is 27.6 Å². The second-order valence-corrected chi connectivity index (χ2v) is 13.7. The first-order chi connectivity index (χ1) is 25.0. The van der Waals surface area contributed by atoms with Crippen LogP contribution in [0.15, 0.2) is 79.1 Å². The molecule has 0 aliphatic carbocycles. The summed E-state index contributed by atoms with van der Waals surface area (Å²) < 4.78 is 69.6. The number of H-pyrrole nitrogens is 1. The first kappa shape index (κ1) is 35.3. The van der Waals surface area contributed by atoms with Crippen molar-refractivity contribution in [1.82, 2.24) is 19.9 Å². The first-order valence-electron chi connectivity index (χ1n) is 16.7. The van der Waals surface area contributed by atoms with Crippen LogP contribution in [0.2, 0.25) is 0 Å². The number of pyridine rings is 1. The molecule has 11 nitrogen and oxygen atoms in total. The van der Waals surface area contributed by atoms with Gasteiger partial charge in [0.1, 0.15) is 23.3 Å². The molecule has 2 aliphatic rings. The molecule has 52 heavy (non-hydrogen) atoms. The van der Waals surface area contributed by atoms with Crippen LogP contribution < -0.4 is 9.31 Å². The summed E-state index contributed by atoms with van der Waals surface area (Å²) in [6.45, 7) is 3.85. The SMILES string of the molecule is O=C(O)Cc1ccc(CN2CCN(c3ccc(-c4cnc5[nH]cc(C(=O)c6c(F)ccc(N(N7CC[C@@H](F)C7)S(=O)[O-])c6F)c5c4)cc3)CC2)cc1. The standard InChI is InChI=1S/C37H35F3N6O5S/c38-27-11-12-45(22-27)46(52(50)51)32-10-9-31(39)34(35(32)40)36(49)30-20-42-37-29(30)18-26(19-41-37)25-5-7-28(8-6-25)44-15-13-43(14-16-44)21-24-3-1-23(2-4-24)17-33(47)48/h1-10,18-20,27H,11-17,21-22H2,(H,41,42)(H,47,48)(H,50,51)/p-1/t27-/m1/s1. The van der Waals surface area contributed by atoms with Gasteiger partial charge in [-0.1, -0.05) is 36.4 Å². The monoisotopic (exact) mass is 731 g/mol. The number of nitrogens with one attached hydrogen (secondary N) is 1. The van der Waals surface area contributed by atoms with Gasteiger partial charge in [0.2, 0.25) is 5.78 Å². The molecule has 2 fully saturated rings.